The zero-order chi connectivity index (χ0) is 14.1. The van der Waals surface area contributed by atoms with Crippen LogP contribution >= 0.6 is 23.1 Å². The lowest BCUT2D eigenvalue weighted by Crippen LogP contribution is -1.89. The molecule has 3 rings (SSSR count). The molecule has 2 aromatic heterocycles. The van der Waals surface area contributed by atoms with Crippen molar-refractivity contribution in [3.63, 3.8) is 0 Å². The molecule has 0 amide bonds. The minimum atomic E-state index is -0.903. The van der Waals surface area contributed by atoms with Crippen molar-refractivity contribution in [3.05, 3.63) is 53.0 Å². The Morgan fingerprint density at radius 3 is 2.70 bits per heavy atom. The van der Waals surface area contributed by atoms with E-state index in [1.165, 1.54) is 16.9 Å². The Morgan fingerprint density at radius 2 is 2.00 bits per heavy atom. The fourth-order valence-corrected chi connectivity index (χ4v) is 3.69. The van der Waals surface area contributed by atoms with E-state index in [0.29, 0.717) is 4.88 Å². The molecule has 0 aliphatic rings. The van der Waals surface area contributed by atoms with E-state index < -0.39 is 5.97 Å². The van der Waals surface area contributed by atoms with E-state index in [0.717, 1.165) is 20.0 Å². The van der Waals surface area contributed by atoms with Crippen LogP contribution in [0.5, 0.6) is 0 Å². The second-order valence-electron chi connectivity index (χ2n) is 4.36. The van der Waals surface area contributed by atoms with Gasteiger partial charge in [-0.1, -0.05) is 29.5 Å². The fraction of sp³-hybridized carbons (Fsp3) is 0.0667. The van der Waals surface area contributed by atoms with Gasteiger partial charge in [0.1, 0.15) is 9.71 Å². The second kappa shape index (κ2) is 5.26. The first-order valence-corrected chi connectivity index (χ1v) is 7.63. The molecule has 0 saturated carbocycles. The van der Waals surface area contributed by atoms with Crippen molar-refractivity contribution in [2.24, 2.45) is 0 Å². The SMILES string of the molecule is Cc1ccc(Sc2ccnc3sc(C(=O)O)cc23)cc1. The van der Waals surface area contributed by atoms with Crippen molar-refractivity contribution < 1.29 is 9.90 Å². The Balaban J connectivity index is 2.02. The summed E-state index contributed by atoms with van der Waals surface area (Å²) in [6.45, 7) is 2.05. The molecular formula is C15H11NO2S2. The molecule has 20 heavy (non-hydrogen) atoms. The number of thiophene rings is 1. The third-order valence-corrected chi connectivity index (χ3v) is 4.97. The molecule has 0 saturated heterocycles. The van der Waals surface area contributed by atoms with Crippen molar-refractivity contribution >= 4 is 39.3 Å². The van der Waals surface area contributed by atoms with Crippen molar-refractivity contribution in [1.29, 1.82) is 0 Å². The van der Waals surface area contributed by atoms with Crippen LogP contribution in [0.4, 0.5) is 0 Å². The molecule has 1 N–H and O–H groups in total. The Hall–Kier alpha value is -1.85. The fourth-order valence-electron chi connectivity index (χ4n) is 1.84. The molecule has 2 heterocycles. The number of fused-ring (bicyclic) bond motifs is 1. The monoisotopic (exact) mass is 301 g/mol. The molecular weight excluding hydrogens is 290 g/mol. The molecule has 0 unspecified atom stereocenters. The zero-order valence-electron chi connectivity index (χ0n) is 10.7. The zero-order valence-corrected chi connectivity index (χ0v) is 12.3. The molecule has 0 fully saturated rings. The first kappa shape index (κ1) is 13.1. The van der Waals surface area contributed by atoms with Gasteiger partial charge >= 0.3 is 5.97 Å². The second-order valence-corrected chi connectivity index (χ2v) is 6.50. The molecule has 0 atom stereocenters. The number of carbonyl (C=O) groups is 1. The van der Waals surface area contributed by atoms with E-state index >= 15 is 0 Å². The van der Waals surface area contributed by atoms with Gasteiger partial charge in [0.05, 0.1) is 0 Å². The third kappa shape index (κ3) is 2.55. The summed E-state index contributed by atoms with van der Waals surface area (Å²) in [5.74, 6) is -0.903. The highest BCUT2D eigenvalue weighted by Gasteiger charge is 2.12. The summed E-state index contributed by atoms with van der Waals surface area (Å²) in [5, 5.41) is 9.98. The largest absolute Gasteiger partial charge is 0.477 e. The number of aromatic nitrogens is 1. The van der Waals surface area contributed by atoms with E-state index in [-0.39, 0.29) is 0 Å². The van der Waals surface area contributed by atoms with Gasteiger partial charge in [-0.25, -0.2) is 9.78 Å². The number of hydrogen-bond acceptors (Lipinski definition) is 4. The summed E-state index contributed by atoms with van der Waals surface area (Å²) in [6, 6.07) is 11.9. The van der Waals surface area contributed by atoms with E-state index in [1.54, 1.807) is 24.0 Å². The van der Waals surface area contributed by atoms with E-state index in [2.05, 4.69) is 36.2 Å². The molecule has 0 aliphatic heterocycles. The highest BCUT2D eigenvalue weighted by atomic mass is 32.2. The molecule has 5 heteroatoms. The number of hydrogen-bond donors (Lipinski definition) is 1. The highest BCUT2D eigenvalue weighted by molar-refractivity contribution is 7.99. The number of carboxylic acid groups (broad SMARTS) is 1. The van der Waals surface area contributed by atoms with Crippen LogP contribution in [0.1, 0.15) is 15.2 Å². The predicted octanol–water partition coefficient (Wildman–Crippen LogP) is 4.45. The number of benzene rings is 1. The van der Waals surface area contributed by atoms with E-state index in [4.69, 9.17) is 5.11 Å². The van der Waals surface area contributed by atoms with Crippen LogP contribution < -0.4 is 0 Å². The summed E-state index contributed by atoms with van der Waals surface area (Å²) in [7, 11) is 0. The number of aryl methyl sites for hydroxylation is 1. The summed E-state index contributed by atoms with van der Waals surface area (Å²) in [4.78, 5) is 18.5. The van der Waals surface area contributed by atoms with Crippen LogP contribution in [-0.4, -0.2) is 16.1 Å². The van der Waals surface area contributed by atoms with Gasteiger partial charge in [0.25, 0.3) is 0 Å². The Labute approximate surface area is 124 Å². The Kier molecular flexibility index (Phi) is 3.46. The van der Waals surface area contributed by atoms with Gasteiger partial charge in [-0.05, 0) is 31.2 Å². The van der Waals surface area contributed by atoms with Crippen LogP contribution in [0.2, 0.25) is 0 Å². The van der Waals surface area contributed by atoms with E-state index in [9.17, 15) is 4.79 Å². The minimum Gasteiger partial charge on any atom is -0.477 e. The molecule has 1 aromatic carbocycles. The Bertz CT molecular complexity index is 778. The van der Waals surface area contributed by atoms with Crippen LogP contribution in [0.15, 0.2) is 52.4 Å². The number of pyridine rings is 1. The molecule has 3 nitrogen and oxygen atoms in total. The van der Waals surface area contributed by atoms with Gasteiger partial charge < -0.3 is 5.11 Å². The summed E-state index contributed by atoms with van der Waals surface area (Å²) in [5.41, 5.74) is 1.22. The summed E-state index contributed by atoms with van der Waals surface area (Å²) < 4.78 is 0. The average Bonchev–Trinajstić information content (AvgIpc) is 2.87. The molecule has 0 bridgehead atoms. The highest BCUT2D eigenvalue weighted by Crippen LogP contribution is 2.36. The number of nitrogens with zero attached hydrogens (tertiary/aromatic N) is 1. The van der Waals surface area contributed by atoms with Crippen LogP contribution in [0.25, 0.3) is 10.2 Å². The summed E-state index contributed by atoms with van der Waals surface area (Å²) >= 11 is 2.83. The Morgan fingerprint density at radius 1 is 1.25 bits per heavy atom. The average molecular weight is 301 g/mol. The molecule has 0 radical (unpaired) electrons. The predicted molar refractivity (Wildman–Crippen MR) is 81.9 cm³/mol. The van der Waals surface area contributed by atoms with Crippen LogP contribution in [-0.2, 0) is 0 Å². The maximum Gasteiger partial charge on any atom is 0.345 e. The van der Waals surface area contributed by atoms with Gasteiger partial charge in [-0.2, -0.15) is 0 Å². The lowest BCUT2D eigenvalue weighted by Gasteiger charge is -2.03. The summed E-state index contributed by atoms with van der Waals surface area (Å²) in [6.07, 6.45) is 1.72. The van der Waals surface area contributed by atoms with Gasteiger partial charge in [-0.15, -0.1) is 11.3 Å². The lowest BCUT2D eigenvalue weighted by atomic mass is 10.2. The number of rotatable bonds is 3. The first-order valence-electron chi connectivity index (χ1n) is 6.00. The van der Waals surface area contributed by atoms with Crippen molar-refractivity contribution in [1.82, 2.24) is 4.98 Å². The normalized spacial score (nSPS) is 10.8. The van der Waals surface area contributed by atoms with Gasteiger partial charge in [0, 0.05) is 21.4 Å². The molecule has 0 spiro atoms. The number of aromatic carboxylic acids is 1. The number of carboxylic acids is 1. The van der Waals surface area contributed by atoms with Gasteiger partial charge in [0.15, 0.2) is 0 Å². The van der Waals surface area contributed by atoms with E-state index in [1.807, 2.05) is 6.07 Å². The molecule has 100 valence electrons. The smallest absolute Gasteiger partial charge is 0.345 e. The maximum absolute atomic E-state index is 11.1. The third-order valence-electron chi connectivity index (χ3n) is 2.86. The standard InChI is InChI=1S/C15H11NO2S2/c1-9-2-4-10(5-3-9)19-12-6-7-16-14-11(12)8-13(20-14)15(17)18/h2-8H,1H3,(H,17,18). The molecule has 0 aliphatic carbocycles. The van der Waals surface area contributed by atoms with Crippen molar-refractivity contribution in [2.45, 2.75) is 16.7 Å². The van der Waals surface area contributed by atoms with Crippen LogP contribution in [0.3, 0.4) is 0 Å². The molecule has 3 aromatic rings. The van der Waals surface area contributed by atoms with Crippen molar-refractivity contribution in [3.8, 4) is 0 Å². The van der Waals surface area contributed by atoms with Gasteiger partial charge in [-0.3, -0.25) is 0 Å². The van der Waals surface area contributed by atoms with Gasteiger partial charge in [0.2, 0.25) is 0 Å². The quantitative estimate of drug-likeness (QED) is 0.776. The van der Waals surface area contributed by atoms with Crippen LogP contribution in [0, 0.1) is 6.92 Å². The first-order chi connectivity index (χ1) is 9.63. The maximum atomic E-state index is 11.1. The van der Waals surface area contributed by atoms with Crippen molar-refractivity contribution in [2.75, 3.05) is 0 Å². The topological polar surface area (TPSA) is 50.2 Å². The minimum absolute atomic E-state index is 0.324. The lowest BCUT2D eigenvalue weighted by molar-refractivity contribution is 0.0702.